The van der Waals surface area contributed by atoms with Crippen LogP contribution in [0.4, 0.5) is 13.2 Å². The third-order valence-corrected chi connectivity index (χ3v) is 4.62. The maximum Gasteiger partial charge on any atom is 0.434 e. The number of alkyl halides is 3. The van der Waals surface area contributed by atoms with Crippen molar-refractivity contribution in [2.24, 2.45) is 0 Å². The first-order chi connectivity index (χ1) is 11.5. The van der Waals surface area contributed by atoms with E-state index in [-0.39, 0.29) is 10.5 Å². The first kappa shape index (κ1) is 18.9. The molecule has 132 valence electrons. The second-order valence-corrected chi connectivity index (χ2v) is 7.34. The number of aromatic nitrogens is 2. The van der Waals surface area contributed by atoms with Gasteiger partial charge in [-0.1, -0.05) is 15.9 Å². The maximum absolute atomic E-state index is 12.4. The minimum Gasteiger partial charge on any atom is -0.327 e. The summed E-state index contributed by atoms with van der Waals surface area (Å²) >= 11 is 3.04. The summed E-state index contributed by atoms with van der Waals surface area (Å²) in [5.41, 5.74) is -1.15. The molecule has 0 atom stereocenters. The Morgan fingerprint density at radius 2 is 2.04 bits per heavy atom. The first-order valence-electron chi connectivity index (χ1n) is 6.36. The van der Waals surface area contributed by atoms with Gasteiger partial charge in [0.15, 0.2) is 5.69 Å². The lowest BCUT2D eigenvalue weighted by atomic mass is 10.2. The number of carbonyl (C=O) groups excluding carboxylic acids is 1. The van der Waals surface area contributed by atoms with Crippen LogP contribution in [0.15, 0.2) is 40.1 Å². The molecule has 0 aliphatic carbocycles. The number of hydrogen-bond donors (Lipinski definition) is 1. The molecule has 25 heavy (non-hydrogen) atoms. The summed E-state index contributed by atoms with van der Waals surface area (Å²) in [6.45, 7) is -0.679. The van der Waals surface area contributed by atoms with Gasteiger partial charge in [0.05, 0.1) is 22.9 Å². The summed E-state index contributed by atoms with van der Waals surface area (Å²) in [5, 5.41) is 8.84. The van der Waals surface area contributed by atoms with Gasteiger partial charge in [0.1, 0.15) is 6.54 Å². The van der Waals surface area contributed by atoms with Crippen LogP contribution in [0.25, 0.3) is 0 Å². The molecule has 2 rings (SSSR count). The Morgan fingerprint density at radius 1 is 1.36 bits per heavy atom. The van der Waals surface area contributed by atoms with E-state index in [2.05, 4.69) is 20.9 Å². The average Bonchev–Trinajstić information content (AvgIpc) is 2.94. The molecule has 0 saturated carbocycles. The van der Waals surface area contributed by atoms with E-state index in [9.17, 15) is 26.4 Å². The second kappa shape index (κ2) is 6.85. The van der Waals surface area contributed by atoms with E-state index in [0.29, 0.717) is 10.7 Å². The number of carbonyl (C=O) groups is 1. The Kier molecular flexibility index (Phi) is 5.19. The predicted octanol–water partition coefficient (Wildman–Crippen LogP) is 2.04. The molecule has 0 aliphatic rings. The SMILES string of the molecule is N#Cc1cc(Br)cc(S(=O)(=O)NC(=O)Cn2cnc(C(F)(F)F)c2)c1. The average molecular weight is 437 g/mol. The van der Waals surface area contributed by atoms with Gasteiger partial charge in [-0.05, 0) is 18.2 Å². The van der Waals surface area contributed by atoms with Crippen LogP contribution in [0.2, 0.25) is 0 Å². The van der Waals surface area contributed by atoms with Crippen molar-refractivity contribution in [2.75, 3.05) is 0 Å². The largest absolute Gasteiger partial charge is 0.434 e. The van der Waals surface area contributed by atoms with Gasteiger partial charge in [-0.2, -0.15) is 18.4 Å². The molecule has 1 heterocycles. The number of hydrogen-bond acceptors (Lipinski definition) is 5. The number of nitrogens with zero attached hydrogens (tertiary/aromatic N) is 3. The summed E-state index contributed by atoms with van der Waals surface area (Å²) in [5.74, 6) is -1.07. The van der Waals surface area contributed by atoms with Crippen molar-refractivity contribution >= 4 is 31.9 Å². The number of amides is 1. The number of benzene rings is 1. The van der Waals surface area contributed by atoms with Gasteiger partial charge in [-0.3, -0.25) is 4.79 Å². The topological polar surface area (TPSA) is 105 Å². The molecular formula is C13H8BrF3N4O3S. The summed E-state index contributed by atoms with van der Waals surface area (Å²) in [7, 11) is -4.29. The Bertz CT molecular complexity index is 964. The van der Waals surface area contributed by atoms with Crippen LogP contribution in [-0.4, -0.2) is 23.9 Å². The molecule has 0 saturated heterocycles. The van der Waals surface area contributed by atoms with E-state index in [4.69, 9.17) is 5.26 Å². The third kappa shape index (κ3) is 4.80. The van der Waals surface area contributed by atoms with E-state index in [0.717, 1.165) is 17.0 Å². The van der Waals surface area contributed by atoms with Crippen LogP contribution in [0.1, 0.15) is 11.3 Å². The van der Waals surface area contributed by atoms with Crippen molar-refractivity contribution < 1.29 is 26.4 Å². The van der Waals surface area contributed by atoms with Crippen molar-refractivity contribution in [3.05, 3.63) is 46.5 Å². The molecule has 2 aromatic rings. The van der Waals surface area contributed by atoms with Crippen LogP contribution in [0, 0.1) is 11.3 Å². The zero-order valence-corrected chi connectivity index (χ0v) is 14.5. The first-order valence-corrected chi connectivity index (χ1v) is 8.64. The minimum atomic E-state index is -4.67. The number of imidazole rings is 1. The highest BCUT2D eigenvalue weighted by Gasteiger charge is 2.33. The van der Waals surface area contributed by atoms with Crippen LogP contribution in [0.5, 0.6) is 0 Å². The van der Waals surface area contributed by atoms with Crippen LogP contribution in [-0.2, 0) is 27.5 Å². The van der Waals surface area contributed by atoms with Crippen molar-refractivity contribution in [1.29, 1.82) is 5.26 Å². The molecule has 1 aromatic carbocycles. The van der Waals surface area contributed by atoms with Crippen molar-refractivity contribution in [3.8, 4) is 6.07 Å². The standard InChI is InChI=1S/C13H8BrF3N4O3S/c14-9-1-8(4-18)2-10(3-9)25(23,24)20-12(22)6-21-5-11(19-7-21)13(15,16)17/h1-3,5,7H,6H2,(H,20,22). The molecule has 1 N–H and O–H groups in total. The summed E-state index contributed by atoms with van der Waals surface area (Å²) in [4.78, 5) is 14.6. The quantitative estimate of drug-likeness (QED) is 0.789. The number of nitrogens with one attached hydrogen (secondary N) is 1. The summed E-state index contributed by atoms with van der Waals surface area (Å²) in [6.07, 6.45) is -3.32. The van der Waals surface area contributed by atoms with Gasteiger partial charge in [-0.15, -0.1) is 0 Å². The number of sulfonamides is 1. The molecule has 1 amide bonds. The molecule has 0 unspecified atom stereocenters. The molecule has 0 aliphatic heterocycles. The minimum absolute atomic E-state index is 0.0478. The van der Waals surface area contributed by atoms with Gasteiger partial charge in [-0.25, -0.2) is 18.1 Å². The van der Waals surface area contributed by atoms with E-state index in [1.165, 1.54) is 12.1 Å². The predicted molar refractivity (Wildman–Crippen MR) is 81.4 cm³/mol. The lowest BCUT2D eigenvalue weighted by Gasteiger charge is -2.08. The monoisotopic (exact) mass is 436 g/mol. The fourth-order valence-corrected chi connectivity index (χ4v) is 3.47. The molecule has 1 aromatic heterocycles. The van der Waals surface area contributed by atoms with Gasteiger partial charge >= 0.3 is 6.18 Å². The lowest BCUT2D eigenvalue weighted by molar-refractivity contribution is -0.141. The molecule has 7 nitrogen and oxygen atoms in total. The number of nitriles is 1. The van der Waals surface area contributed by atoms with Gasteiger partial charge in [0.25, 0.3) is 15.9 Å². The Labute approximate surface area is 148 Å². The second-order valence-electron chi connectivity index (χ2n) is 4.75. The Morgan fingerprint density at radius 3 is 2.60 bits per heavy atom. The zero-order valence-electron chi connectivity index (χ0n) is 12.1. The summed E-state index contributed by atoms with van der Waals surface area (Å²) < 4.78 is 64.4. The molecular weight excluding hydrogens is 429 g/mol. The van der Waals surface area contributed by atoms with E-state index in [1.54, 1.807) is 10.8 Å². The van der Waals surface area contributed by atoms with Gasteiger partial charge in [0, 0.05) is 10.7 Å². The van der Waals surface area contributed by atoms with E-state index in [1.807, 2.05) is 0 Å². The fourth-order valence-electron chi connectivity index (χ4n) is 1.78. The third-order valence-electron chi connectivity index (χ3n) is 2.81. The molecule has 12 heteroatoms. The highest BCUT2D eigenvalue weighted by Crippen LogP contribution is 2.27. The zero-order chi connectivity index (χ0) is 18.8. The normalized spacial score (nSPS) is 11.8. The van der Waals surface area contributed by atoms with Crippen molar-refractivity contribution in [1.82, 2.24) is 14.3 Å². The molecule has 0 bridgehead atoms. The lowest BCUT2D eigenvalue weighted by Crippen LogP contribution is -2.33. The molecule has 0 fully saturated rings. The van der Waals surface area contributed by atoms with Crippen molar-refractivity contribution in [2.45, 2.75) is 17.6 Å². The molecule has 0 radical (unpaired) electrons. The molecule has 0 spiro atoms. The number of halogens is 4. The maximum atomic E-state index is 12.4. The van der Waals surface area contributed by atoms with Gasteiger partial charge in [0.2, 0.25) is 0 Å². The van der Waals surface area contributed by atoms with Gasteiger partial charge < -0.3 is 4.57 Å². The number of rotatable bonds is 4. The van der Waals surface area contributed by atoms with Crippen LogP contribution >= 0.6 is 15.9 Å². The van der Waals surface area contributed by atoms with Crippen LogP contribution in [0.3, 0.4) is 0 Å². The Hall–Kier alpha value is -2.39. The van der Waals surface area contributed by atoms with Crippen molar-refractivity contribution in [3.63, 3.8) is 0 Å². The smallest absolute Gasteiger partial charge is 0.327 e. The Balaban J connectivity index is 2.15. The fraction of sp³-hybridized carbons (Fsp3) is 0.154. The highest BCUT2D eigenvalue weighted by atomic mass is 79.9. The summed E-state index contributed by atoms with van der Waals surface area (Å²) in [6, 6.07) is 5.38. The van der Waals surface area contributed by atoms with E-state index >= 15 is 0 Å². The van der Waals surface area contributed by atoms with Crippen LogP contribution < -0.4 is 4.72 Å². The van der Waals surface area contributed by atoms with E-state index < -0.39 is 34.3 Å². The highest BCUT2D eigenvalue weighted by molar-refractivity contribution is 9.10.